The highest BCUT2D eigenvalue weighted by atomic mass is 16.5. The molecule has 1 unspecified atom stereocenters. The Morgan fingerprint density at radius 2 is 2.31 bits per heavy atom. The molecule has 1 fully saturated rings. The maximum Gasteiger partial charge on any atom is 0.259 e. The zero-order chi connectivity index (χ0) is 11.7. The molecule has 1 aliphatic rings. The van der Waals surface area contributed by atoms with Crippen LogP contribution in [-0.2, 0) is 0 Å². The molecule has 0 saturated carbocycles. The van der Waals surface area contributed by atoms with Gasteiger partial charge in [-0.2, -0.15) is 0 Å². The van der Waals surface area contributed by atoms with Gasteiger partial charge in [-0.25, -0.2) is 0 Å². The summed E-state index contributed by atoms with van der Waals surface area (Å²) < 4.78 is 5.02. The summed E-state index contributed by atoms with van der Waals surface area (Å²) in [6, 6.07) is 0.407. The lowest BCUT2D eigenvalue weighted by Crippen LogP contribution is -2.33. The molecule has 1 N–H and O–H groups in total. The average molecular weight is 223 g/mol. The summed E-state index contributed by atoms with van der Waals surface area (Å²) in [7, 11) is 1.93. The van der Waals surface area contributed by atoms with Crippen LogP contribution in [-0.4, -0.2) is 42.1 Å². The van der Waals surface area contributed by atoms with Gasteiger partial charge in [-0.3, -0.25) is 4.79 Å². The Hall–Kier alpha value is -1.36. The van der Waals surface area contributed by atoms with Gasteiger partial charge in [-0.1, -0.05) is 5.16 Å². The summed E-state index contributed by atoms with van der Waals surface area (Å²) in [5.74, 6) is 0.643. The SMILES string of the molecule is CNC1CCN(C(=O)c2c(C)noc2C)C1. The fourth-order valence-corrected chi connectivity index (χ4v) is 2.13. The minimum Gasteiger partial charge on any atom is -0.361 e. The van der Waals surface area contributed by atoms with Crippen molar-refractivity contribution in [1.82, 2.24) is 15.4 Å². The molecule has 0 aliphatic carbocycles. The van der Waals surface area contributed by atoms with E-state index in [-0.39, 0.29) is 5.91 Å². The third kappa shape index (κ3) is 1.82. The monoisotopic (exact) mass is 223 g/mol. The molecular formula is C11H17N3O2. The van der Waals surface area contributed by atoms with Crippen molar-refractivity contribution >= 4 is 5.91 Å². The molecule has 1 amide bonds. The van der Waals surface area contributed by atoms with Crippen LogP contribution in [0.4, 0.5) is 0 Å². The van der Waals surface area contributed by atoms with E-state index < -0.39 is 0 Å². The number of hydrogen-bond acceptors (Lipinski definition) is 4. The Balaban J connectivity index is 2.15. The summed E-state index contributed by atoms with van der Waals surface area (Å²) in [6.07, 6.45) is 1.01. The summed E-state index contributed by atoms with van der Waals surface area (Å²) in [4.78, 5) is 14.1. The van der Waals surface area contributed by atoms with Gasteiger partial charge in [0.05, 0.1) is 5.69 Å². The number of aromatic nitrogens is 1. The van der Waals surface area contributed by atoms with Crippen molar-refractivity contribution in [1.29, 1.82) is 0 Å². The third-order valence-electron chi connectivity index (χ3n) is 3.13. The van der Waals surface area contributed by atoms with Gasteiger partial charge in [-0.05, 0) is 27.3 Å². The van der Waals surface area contributed by atoms with Crippen molar-refractivity contribution in [2.75, 3.05) is 20.1 Å². The second-order valence-corrected chi connectivity index (χ2v) is 4.22. The first-order valence-electron chi connectivity index (χ1n) is 5.53. The Labute approximate surface area is 94.8 Å². The van der Waals surface area contributed by atoms with Crippen LogP contribution in [0.25, 0.3) is 0 Å². The van der Waals surface area contributed by atoms with E-state index in [4.69, 9.17) is 4.52 Å². The fourth-order valence-electron chi connectivity index (χ4n) is 2.13. The van der Waals surface area contributed by atoms with Gasteiger partial charge in [0.2, 0.25) is 0 Å². The van der Waals surface area contributed by atoms with Gasteiger partial charge in [0.25, 0.3) is 5.91 Å². The molecule has 0 bridgehead atoms. The first-order valence-corrected chi connectivity index (χ1v) is 5.53. The van der Waals surface area contributed by atoms with E-state index in [0.29, 0.717) is 23.1 Å². The van der Waals surface area contributed by atoms with E-state index in [0.717, 1.165) is 19.5 Å². The van der Waals surface area contributed by atoms with Crippen LogP contribution in [0.1, 0.15) is 28.2 Å². The molecule has 0 spiro atoms. The van der Waals surface area contributed by atoms with Crippen LogP contribution in [0.5, 0.6) is 0 Å². The minimum atomic E-state index is 0.0361. The second kappa shape index (κ2) is 4.25. The van der Waals surface area contributed by atoms with E-state index in [1.54, 1.807) is 13.8 Å². The predicted molar refractivity (Wildman–Crippen MR) is 59.3 cm³/mol. The first-order chi connectivity index (χ1) is 7.63. The maximum absolute atomic E-state index is 12.2. The Bertz CT molecular complexity index is 380. The number of carbonyl (C=O) groups is 1. The third-order valence-corrected chi connectivity index (χ3v) is 3.13. The largest absolute Gasteiger partial charge is 0.361 e. The number of aryl methyl sites for hydroxylation is 2. The van der Waals surface area contributed by atoms with Gasteiger partial charge in [0.1, 0.15) is 11.3 Å². The number of likely N-dealkylation sites (tertiary alicyclic amines) is 1. The predicted octanol–water partition coefficient (Wildman–Crippen LogP) is 0.725. The van der Waals surface area contributed by atoms with Crippen molar-refractivity contribution in [2.45, 2.75) is 26.3 Å². The van der Waals surface area contributed by atoms with Crippen molar-refractivity contribution in [3.8, 4) is 0 Å². The standard InChI is InChI=1S/C11H17N3O2/c1-7-10(8(2)16-13-7)11(15)14-5-4-9(6-14)12-3/h9,12H,4-6H2,1-3H3. The molecule has 16 heavy (non-hydrogen) atoms. The summed E-state index contributed by atoms with van der Waals surface area (Å²) in [5, 5.41) is 7.00. The number of carbonyl (C=O) groups excluding carboxylic acids is 1. The quantitative estimate of drug-likeness (QED) is 0.802. The topological polar surface area (TPSA) is 58.4 Å². The Morgan fingerprint density at radius 3 is 2.81 bits per heavy atom. The van der Waals surface area contributed by atoms with E-state index in [1.807, 2.05) is 11.9 Å². The van der Waals surface area contributed by atoms with Crippen molar-refractivity contribution in [3.63, 3.8) is 0 Å². The number of hydrogen-bond donors (Lipinski definition) is 1. The number of amides is 1. The molecule has 88 valence electrons. The zero-order valence-corrected chi connectivity index (χ0v) is 9.91. The number of nitrogens with one attached hydrogen (secondary N) is 1. The lowest BCUT2D eigenvalue weighted by molar-refractivity contribution is 0.0787. The highest BCUT2D eigenvalue weighted by Gasteiger charge is 2.29. The summed E-state index contributed by atoms with van der Waals surface area (Å²) in [5.41, 5.74) is 1.30. The van der Waals surface area contributed by atoms with Crippen LogP contribution in [0, 0.1) is 13.8 Å². The summed E-state index contributed by atoms with van der Waals surface area (Å²) in [6.45, 7) is 5.14. The molecule has 5 nitrogen and oxygen atoms in total. The molecule has 2 heterocycles. The molecular weight excluding hydrogens is 206 g/mol. The average Bonchev–Trinajstić information content (AvgIpc) is 2.85. The van der Waals surface area contributed by atoms with Crippen LogP contribution in [0.3, 0.4) is 0 Å². The van der Waals surface area contributed by atoms with E-state index in [1.165, 1.54) is 0 Å². The molecule has 1 aliphatic heterocycles. The van der Waals surface area contributed by atoms with Gasteiger partial charge in [0.15, 0.2) is 0 Å². The van der Waals surface area contributed by atoms with Crippen LogP contribution in [0.2, 0.25) is 0 Å². The van der Waals surface area contributed by atoms with E-state index >= 15 is 0 Å². The second-order valence-electron chi connectivity index (χ2n) is 4.22. The smallest absolute Gasteiger partial charge is 0.259 e. The number of nitrogens with zero attached hydrogens (tertiary/aromatic N) is 2. The molecule has 1 atom stereocenters. The van der Waals surface area contributed by atoms with Crippen molar-refractivity contribution < 1.29 is 9.32 Å². The van der Waals surface area contributed by atoms with E-state index in [9.17, 15) is 4.79 Å². The molecule has 5 heteroatoms. The Morgan fingerprint density at radius 1 is 1.56 bits per heavy atom. The van der Waals surface area contributed by atoms with Crippen LogP contribution in [0.15, 0.2) is 4.52 Å². The van der Waals surface area contributed by atoms with Crippen molar-refractivity contribution in [2.24, 2.45) is 0 Å². The lowest BCUT2D eigenvalue weighted by Gasteiger charge is -2.15. The van der Waals surface area contributed by atoms with Crippen LogP contribution >= 0.6 is 0 Å². The number of likely N-dealkylation sites (N-methyl/N-ethyl adjacent to an activating group) is 1. The molecule has 1 aromatic heterocycles. The van der Waals surface area contributed by atoms with Gasteiger partial charge >= 0.3 is 0 Å². The zero-order valence-electron chi connectivity index (χ0n) is 9.91. The van der Waals surface area contributed by atoms with Crippen LogP contribution < -0.4 is 5.32 Å². The first kappa shape index (κ1) is 11.1. The fraction of sp³-hybridized carbons (Fsp3) is 0.636. The van der Waals surface area contributed by atoms with Crippen molar-refractivity contribution in [3.05, 3.63) is 17.0 Å². The molecule has 0 aromatic carbocycles. The molecule has 2 rings (SSSR count). The highest BCUT2D eigenvalue weighted by Crippen LogP contribution is 2.18. The van der Waals surface area contributed by atoms with E-state index in [2.05, 4.69) is 10.5 Å². The number of rotatable bonds is 2. The molecule has 1 saturated heterocycles. The molecule has 1 aromatic rings. The van der Waals surface area contributed by atoms with Gasteiger partial charge in [0, 0.05) is 19.1 Å². The molecule has 0 radical (unpaired) electrons. The maximum atomic E-state index is 12.2. The van der Waals surface area contributed by atoms with Gasteiger partial charge < -0.3 is 14.7 Å². The normalized spacial score (nSPS) is 20.4. The van der Waals surface area contributed by atoms with Gasteiger partial charge in [-0.15, -0.1) is 0 Å². The summed E-state index contributed by atoms with van der Waals surface area (Å²) >= 11 is 0. The minimum absolute atomic E-state index is 0.0361. The highest BCUT2D eigenvalue weighted by molar-refractivity contribution is 5.96. The Kier molecular flexibility index (Phi) is 2.96. The lowest BCUT2D eigenvalue weighted by atomic mass is 10.2.